The van der Waals surface area contributed by atoms with Crippen molar-refractivity contribution < 1.29 is 14.2 Å². The molecule has 11 heteroatoms. The lowest BCUT2D eigenvalue weighted by molar-refractivity contribution is 0.273. The number of hydrogen-bond acceptors (Lipinski definition) is 9. The van der Waals surface area contributed by atoms with E-state index in [1.807, 2.05) is 18.3 Å². The molecule has 0 fully saturated rings. The molecule has 0 atom stereocenters. The SMILES string of the molecule is COc1cnc2c(-c3ncnc4cc(OCCn5ccnn5)c(OC)cc34)c[nH]c2n1. The zero-order valence-corrected chi connectivity index (χ0v) is 16.8. The normalized spacial score (nSPS) is 11.2. The highest BCUT2D eigenvalue weighted by atomic mass is 16.5. The van der Waals surface area contributed by atoms with E-state index in [9.17, 15) is 0 Å². The van der Waals surface area contributed by atoms with Crippen molar-refractivity contribution in [2.24, 2.45) is 0 Å². The van der Waals surface area contributed by atoms with E-state index in [2.05, 4.69) is 35.2 Å². The molecular weight excluding hydrogens is 400 g/mol. The van der Waals surface area contributed by atoms with Crippen molar-refractivity contribution in [3.8, 4) is 28.6 Å². The highest BCUT2D eigenvalue weighted by Crippen LogP contribution is 2.37. The molecule has 31 heavy (non-hydrogen) atoms. The minimum atomic E-state index is 0.406. The Morgan fingerprint density at radius 2 is 2.00 bits per heavy atom. The molecule has 0 saturated carbocycles. The number of nitrogens with zero attached hydrogens (tertiary/aromatic N) is 7. The monoisotopic (exact) mass is 418 g/mol. The van der Waals surface area contributed by atoms with Gasteiger partial charge in [-0.1, -0.05) is 5.21 Å². The summed E-state index contributed by atoms with van der Waals surface area (Å²) >= 11 is 0. The summed E-state index contributed by atoms with van der Waals surface area (Å²) in [4.78, 5) is 20.9. The lowest BCUT2D eigenvalue weighted by Gasteiger charge is -2.13. The molecule has 0 saturated heterocycles. The van der Waals surface area contributed by atoms with Gasteiger partial charge in [0.05, 0.1) is 44.4 Å². The molecule has 4 aromatic heterocycles. The smallest absolute Gasteiger partial charge is 0.234 e. The van der Waals surface area contributed by atoms with Crippen LogP contribution in [0.25, 0.3) is 33.3 Å². The molecule has 11 nitrogen and oxygen atoms in total. The van der Waals surface area contributed by atoms with Crippen LogP contribution in [0.4, 0.5) is 0 Å². The Balaban J connectivity index is 1.53. The Hall–Kier alpha value is -4.28. The van der Waals surface area contributed by atoms with Gasteiger partial charge in [-0.15, -0.1) is 5.10 Å². The Labute approximate surface area is 176 Å². The molecule has 0 unspecified atom stereocenters. The lowest BCUT2D eigenvalue weighted by atomic mass is 10.1. The third-order valence-electron chi connectivity index (χ3n) is 4.79. The van der Waals surface area contributed by atoms with Crippen LogP contribution in [-0.2, 0) is 6.54 Å². The zero-order valence-electron chi connectivity index (χ0n) is 16.8. The summed E-state index contributed by atoms with van der Waals surface area (Å²) in [6.45, 7) is 0.969. The number of H-pyrrole nitrogens is 1. The van der Waals surface area contributed by atoms with E-state index in [4.69, 9.17) is 14.2 Å². The fourth-order valence-electron chi connectivity index (χ4n) is 3.31. The molecule has 0 radical (unpaired) electrons. The van der Waals surface area contributed by atoms with E-state index >= 15 is 0 Å². The van der Waals surface area contributed by atoms with Gasteiger partial charge in [-0.3, -0.25) is 0 Å². The molecule has 4 heterocycles. The largest absolute Gasteiger partial charge is 0.493 e. The molecule has 0 spiro atoms. The molecular formula is C20H18N8O3. The highest BCUT2D eigenvalue weighted by molar-refractivity contribution is 6.00. The number of ether oxygens (including phenoxy) is 3. The first-order chi connectivity index (χ1) is 15.3. The maximum Gasteiger partial charge on any atom is 0.234 e. The first-order valence-corrected chi connectivity index (χ1v) is 9.45. The van der Waals surface area contributed by atoms with Crippen molar-refractivity contribution in [3.63, 3.8) is 0 Å². The van der Waals surface area contributed by atoms with Gasteiger partial charge >= 0.3 is 0 Å². The maximum absolute atomic E-state index is 5.92. The number of aromatic amines is 1. The third-order valence-corrected chi connectivity index (χ3v) is 4.79. The van der Waals surface area contributed by atoms with Crippen LogP contribution in [0.2, 0.25) is 0 Å². The Kier molecular flexibility index (Phi) is 4.75. The molecule has 0 aliphatic carbocycles. The maximum atomic E-state index is 5.92. The first-order valence-electron chi connectivity index (χ1n) is 9.45. The lowest BCUT2D eigenvalue weighted by Crippen LogP contribution is -2.09. The van der Waals surface area contributed by atoms with Crippen LogP contribution < -0.4 is 14.2 Å². The van der Waals surface area contributed by atoms with Crippen molar-refractivity contribution in [2.45, 2.75) is 6.54 Å². The van der Waals surface area contributed by atoms with E-state index in [-0.39, 0.29) is 0 Å². The van der Waals surface area contributed by atoms with Gasteiger partial charge < -0.3 is 19.2 Å². The fraction of sp³-hybridized carbons (Fsp3) is 0.200. The van der Waals surface area contributed by atoms with Crippen molar-refractivity contribution in [2.75, 3.05) is 20.8 Å². The van der Waals surface area contributed by atoms with E-state index in [1.54, 1.807) is 37.5 Å². The summed E-state index contributed by atoms with van der Waals surface area (Å²) in [7, 11) is 3.15. The predicted molar refractivity (Wildman–Crippen MR) is 111 cm³/mol. The minimum absolute atomic E-state index is 0.406. The Bertz CT molecular complexity index is 1350. The summed E-state index contributed by atoms with van der Waals surface area (Å²) in [6.07, 6.45) is 8.31. The van der Waals surface area contributed by atoms with Crippen LogP contribution in [0.1, 0.15) is 0 Å². The zero-order chi connectivity index (χ0) is 21.2. The molecule has 5 aromatic rings. The van der Waals surface area contributed by atoms with E-state index < -0.39 is 0 Å². The van der Waals surface area contributed by atoms with Crippen molar-refractivity contribution in [1.29, 1.82) is 0 Å². The molecule has 5 rings (SSSR count). The highest BCUT2D eigenvalue weighted by Gasteiger charge is 2.17. The van der Waals surface area contributed by atoms with Gasteiger partial charge in [0.2, 0.25) is 5.88 Å². The van der Waals surface area contributed by atoms with Gasteiger partial charge in [0.1, 0.15) is 18.5 Å². The van der Waals surface area contributed by atoms with Gasteiger partial charge in [0.25, 0.3) is 0 Å². The standard InChI is InChI=1S/C20H18N8O3/c1-29-15-7-12-14(8-16(15)31-6-5-28-4-3-25-27-28)23-11-24-18(12)13-9-22-20-19(13)21-10-17(26-20)30-2/h3-4,7-11H,5-6H2,1-2H3,(H,22,26). The van der Waals surface area contributed by atoms with Crippen molar-refractivity contribution >= 4 is 22.1 Å². The van der Waals surface area contributed by atoms with E-state index in [0.717, 1.165) is 16.5 Å². The van der Waals surface area contributed by atoms with Crippen LogP contribution in [0.5, 0.6) is 17.4 Å². The Morgan fingerprint density at radius 1 is 1.06 bits per heavy atom. The van der Waals surface area contributed by atoms with Crippen LogP contribution in [-0.4, -0.2) is 60.7 Å². The summed E-state index contributed by atoms with van der Waals surface area (Å²) in [5.74, 6) is 1.60. The summed E-state index contributed by atoms with van der Waals surface area (Å²) in [5.41, 5.74) is 3.54. The molecule has 0 aliphatic heterocycles. The van der Waals surface area contributed by atoms with Crippen molar-refractivity contribution in [1.82, 2.24) is 39.9 Å². The van der Waals surface area contributed by atoms with Gasteiger partial charge in [-0.05, 0) is 6.07 Å². The second-order valence-corrected chi connectivity index (χ2v) is 6.57. The summed E-state index contributed by atoms with van der Waals surface area (Å²) < 4.78 is 18.3. The van der Waals surface area contributed by atoms with E-state index in [0.29, 0.717) is 47.4 Å². The Morgan fingerprint density at radius 3 is 2.81 bits per heavy atom. The van der Waals surface area contributed by atoms with Crippen molar-refractivity contribution in [3.05, 3.63) is 43.2 Å². The topological polar surface area (TPSA) is 126 Å². The summed E-state index contributed by atoms with van der Waals surface area (Å²) in [6, 6.07) is 3.70. The molecule has 1 N–H and O–H groups in total. The second-order valence-electron chi connectivity index (χ2n) is 6.57. The number of aromatic nitrogens is 8. The average Bonchev–Trinajstić information content (AvgIpc) is 3.47. The number of methoxy groups -OCH3 is 2. The average molecular weight is 418 g/mol. The molecule has 0 amide bonds. The number of hydrogen-bond donors (Lipinski definition) is 1. The predicted octanol–water partition coefficient (Wildman–Crippen LogP) is 2.26. The molecule has 1 aromatic carbocycles. The van der Waals surface area contributed by atoms with Gasteiger partial charge in [-0.25, -0.2) is 19.6 Å². The van der Waals surface area contributed by atoms with Gasteiger partial charge in [0, 0.05) is 29.4 Å². The molecule has 0 aliphatic rings. The third kappa shape index (κ3) is 3.45. The van der Waals surface area contributed by atoms with Crippen LogP contribution in [0.3, 0.4) is 0 Å². The van der Waals surface area contributed by atoms with Crippen LogP contribution in [0.15, 0.2) is 43.2 Å². The quantitative estimate of drug-likeness (QED) is 0.423. The van der Waals surface area contributed by atoms with E-state index in [1.165, 1.54) is 6.33 Å². The number of benzene rings is 1. The second kappa shape index (κ2) is 7.86. The summed E-state index contributed by atoms with van der Waals surface area (Å²) in [5, 5.41) is 8.52. The minimum Gasteiger partial charge on any atom is -0.493 e. The number of fused-ring (bicyclic) bond motifs is 2. The molecule has 0 bridgehead atoms. The van der Waals surface area contributed by atoms with Crippen LogP contribution >= 0.6 is 0 Å². The first kappa shape index (κ1) is 18.7. The van der Waals surface area contributed by atoms with Crippen LogP contribution in [0, 0.1) is 0 Å². The van der Waals surface area contributed by atoms with Gasteiger partial charge in [-0.2, -0.15) is 4.98 Å². The molecule has 156 valence electrons. The number of nitrogens with one attached hydrogen (secondary N) is 1. The number of rotatable bonds is 7. The fourth-order valence-corrected chi connectivity index (χ4v) is 3.31. The van der Waals surface area contributed by atoms with Gasteiger partial charge in [0.15, 0.2) is 17.1 Å².